The highest BCUT2D eigenvalue weighted by Crippen LogP contribution is 2.32. The zero-order chi connectivity index (χ0) is 18.1. The van der Waals surface area contributed by atoms with Crippen molar-refractivity contribution < 1.29 is 14.3 Å². The minimum absolute atomic E-state index is 0.479. The van der Waals surface area contributed by atoms with Gasteiger partial charge in [-0.25, -0.2) is 0 Å². The van der Waals surface area contributed by atoms with Gasteiger partial charge in [0.15, 0.2) is 0 Å². The summed E-state index contributed by atoms with van der Waals surface area (Å²) in [6.07, 6.45) is -0.479. The molecule has 4 aromatic rings. The van der Waals surface area contributed by atoms with Crippen molar-refractivity contribution in [2.45, 2.75) is 13.0 Å². The van der Waals surface area contributed by atoms with Gasteiger partial charge in [0.05, 0.1) is 6.10 Å². The molecule has 3 nitrogen and oxygen atoms in total. The molecule has 1 heterocycles. The van der Waals surface area contributed by atoms with E-state index in [1.54, 1.807) is 19.1 Å². The highest BCUT2D eigenvalue weighted by atomic mass is 35.5. The van der Waals surface area contributed by atoms with Gasteiger partial charge in [0.2, 0.25) is 0 Å². The fraction of sp³-hybridized carbons (Fsp3) is 0.0909. The number of aliphatic hydroxyl groups is 1. The normalized spacial score (nSPS) is 12.3. The lowest BCUT2D eigenvalue weighted by Gasteiger charge is -2.05. The van der Waals surface area contributed by atoms with Gasteiger partial charge >= 0.3 is 0 Å². The predicted octanol–water partition coefficient (Wildman–Crippen LogP) is 6.60. The standard InChI is InChI=1S/C22H17ClO3/c1-14(24)15-2-4-16(5-3-15)22-13-17-12-20(10-11-21(17)26-22)25-19-8-6-18(23)7-9-19/h2-14,24H,1H3. The van der Waals surface area contributed by atoms with Crippen LogP contribution in [0.5, 0.6) is 11.5 Å². The molecular weight excluding hydrogens is 348 g/mol. The number of hydrogen-bond acceptors (Lipinski definition) is 3. The molecular formula is C22H17ClO3. The fourth-order valence-corrected chi connectivity index (χ4v) is 2.92. The maximum Gasteiger partial charge on any atom is 0.135 e. The van der Waals surface area contributed by atoms with Gasteiger partial charge in [-0.2, -0.15) is 0 Å². The molecule has 0 aliphatic heterocycles. The van der Waals surface area contributed by atoms with E-state index in [1.807, 2.05) is 60.7 Å². The Balaban J connectivity index is 1.62. The SMILES string of the molecule is CC(O)c1ccc(-c2cc3cc(Oc4ccc(Cl)cc4)ccc3o2)cc1. The van der Waals surface area contributed by atoms with Gasteiger partial charge in [-0.05, 0) is 61.0 Å². The molecule has 0 fully saturated rings. The molecule has 1 atom stereocenters. The number of furan rings is 1. The average molecular weight is 365 g/mol. The first kappa shape index (κ1) is 16.7. The Labute approximate surface area is 156 Å². The van der Waals surface area contributed by atoms with Crippen molar-refractivity contribution in [3.8, 4) is 22.8 Å². The van der Waals surface area contributed by atoms with Crippen molar-refractivity contribution in [1.82, 2.24) is 0 Å². The van der Waals surface area contributed by atoms with Crippen LogP contribution >= 0.6 is 11.6 Å². The zero-order valence-corrected chi connectivity index (χ0v) is 14.9. The van der Waals surface area contributed by atoms with Crippen LogP contribution in [0.3, 0.4) is 0 Å². The Morgan fingerprint density at radius 1 is 0.885 bits per heavy atom. The van der Waals surface area contributed by atoms with E-state index in [0.717, 1.165) is 39.4 Å². The Morgan fingerprint density at radius 3 is 2.27 bits per heavy atom. The Kier molecular flexibility index (Phi) is 4.41. The fourth-order valence-electron chi connectivity index (χ4n) is 2.79. The van der Waals surface area contributed by atoms with Crippen molar-refractivity contribution in [2.24, 2.45) is 0 Å². The molecule has 0 amide bonds. The summed E-state index contributed by atoms with van der Waals surface area (Å²) < 4.78 is 11.8. The summed E-state index contributed by atoms with van der Waals surface area (Å²) in [5.74, 6) is 2.24. The summed E-state index contributed by atoms with van der Waals surface area (Å²) in [7, 11) is 0. The third-order valence-electron chi connectivity index (χ3n) is 4.21. The quantitative estimate of drug-likeness (QED) is 0.443. The topological polar surface area (TPSA) is 42.6 Å². The van der Waals surface area contributed by atoms with Gasteiger partial charge in [0.25, 0.3) is 0 Å². The second-order valence-electron chi connectivity index (χ2n) is 6.16. The van der Waals surface area contributed by atoms with Gasteiger partial charge < -0.3 is 14.3 Å². The maximum atomic E-state index is 9.62. The molecule has 26 heavy (non-hydrogen) atoms. The van der Waals surface area contributed by atoms with Crippen molar-refractivity contribution in [1.29, 1.82) is 0 Å². The number of benzene rings is 3. The Hall–Kier alpha value is -2.75. The van der Waals surface area contributed by atoms with Crippen LogP contribution in [-0.2, 0) is 0 Å². The second kappa shape index (κ2) is 6.87. The number of hydrogen-bond donors (Lipinski definition) is 1. The third kappa shape index (κ3) is 3.45. The molecule has 0 saturated carbocycles. The first-order valence-electron chi connectivity index (χ1n) is 8.34. The first-order chi connectivity index (χ1) is 12.6. The summed E-state index contributed by atoms with van der Waals surface area (Å²) in [5, 5.41) is 11.3. The Morgan fingerprint density at radius 2 is 1.58 bits per heavy atom. The third-order valence-corrected chi connectivity index (χ3v) is 4.47. The molecule has 4 rings (SSSR count). The molecule has 0 radical (unpaired) electrons. The number of halogens is 1. The van der Waals surface area contributed by atoms with Crippen LogP contribution < -0.4 is 4.74 Å². The minimum atomic E-state index is -0.479. The van der Waals surface area contributed by atoms with Crippen LogP contribution in [0.25, 0.3) is 22.3 Å². The van der Waals surface area contributed by atoms with Crippen LogP contribution in [0.1, 0.15) is 18.6 Å². The van der Waals surface area contributed by atoms with Crippen molar-refractivity contribution in [3.05, 3.63) is 83.4 Å². The molecule has 0 aliphatic carbocycles. The van der Waals surface area contributed by atoms with E-state index >= 15 is 0 Å². The summed E-state index contributed by atoms with van der Waals surface area (Å²) in [4.78, 5) is 0. The molecule has 0 bridgehead atoms. The molecule has 1 N–H and O–H groups in total. The first-order valence-corrected chi connectivity index (χ1v) is 8.72. The molecule has 0 saturated heterocycles. The predicted molar refractivity (Wildman–Crippen MR) is 104 cm³/mol. The van der Waals surface area contributed by atoms with Gasteiger partial charge in [-0.3, -0.25) is 0 Å². The van der Waals surface area contributed by atoms with Crippen LogP contribution in [0.2, 0.25) is 5.02 Å². The van der Waals surface area contributed by atoms with Crippen molar-refractivity contribution >= 4 is 22.6 Å². The summed E-state index contributed by atoms with van der Waals surface area (Å²) in [6.45, 7) is 1.75. The van der Waals surface area contributed by atoms with Crippen LogP contribution in [-0.4, -0.2) is 5.11 Å². The molecule has 1 aromatic heterocycles. The van der Waals surface area contributed by atoms with Crippen LogP contribution in [0.4, 0.5) is 0 Å². The summed E-state index contributed by atoms with van der Waals surface area (Å²) >= 11 is 5.90. The number of rotatable bonds is 4. The monoisotopic (exact) mass is 364 g/mol. The van der Waals surface area contributed by atoms with Crippen molar-refractivity contribution in [3.63, 3.8) is 0 Å². The molecule has 1 unspecified atom stereocenters. The lowest BCUT2D eigenvalue weighted by molar-refractivity contribution is 0.199. The number of ether oxygens (including phenoxy) is 1. The number of fused-ring (bicyclic) bond motifs is 1. The smallest absolute Gasteiger partial charge is 0.135 e. The maximum absolute atomic E-state index is 9.62. The van der Waals surface area contributed by atoms with E-state index in [9.17, 15) is 5.11 Å². The minimum Gasteiger partial charge on any atom is -0.457 e. The van der Waals surface area contributed by atoms with Crippen LogP contribution in [0, 0.1) is 0 Å². The lowest BCUT2D eigenvalue weighted by Crippen LogP contribution is -1.89. The van der Waals surface area contributed by atoms with E-state index in [2.05, 4.69) is 0 Å². The van der Waals surface area contributed by atoms with Gasteiger partial charge in [-0.15, -0.1) is 0 Å². The Bertz CT molecular complexity index is 1030. The molecule has 0 aliphatic rings. The van der Waals surface area contributed by atoms with E-state index in [-0.39, 0.29) is 0 Å². The van der Waals surface area contributed by atoms with Gasteiger partial charge in [-0.1, -0.05) is 35.9 Å². The number of aliphatic hydroxyl groups excluding tert-OH is 1. The van der Waals surface area contributed by atoms with Gasteiger partial charge in [0.1, 0.15) is 22.8 Å². The van der Waals surface area contributed by atoms with Crippen LogP contribution in [0.15, 0.2) is 77.2 Å². The van der Waals surface area contributed by atoms with E-state index in [1.165, 1.54) is 0 Å². The molecule has 130 valence electrons. The van der Waals surface area contributed by atoms with Gasteiger partial charge in [0, 0.05) is 16.0 Å². The highest BCUT2D eigenvalue weighted by molar-refractivity contribution is 6.30. The van der Waals surface area contributed by atoms with E-state index in [4.69, 9.17) is 20.8 Å². The largest absolute Gasteiger partial charge is 0.457 e. The summed E-state index contributed by atoms with van der Waals surface area (Å²) in [6, 6.07) is 22.7. The lowest BCUT2D eigenvalue weighted by atomic mass is 10.1. The highest BCUT2D eigenvalue weighted by Gasteiger charge is 2.09. The molecule has 0 spiro atoms. The van der Waals surface area contributed by atoms with Crippen molar-refractivity contribution in [2.75, 3.05) is 0 Å². The zero-order valence-electron chi connectivity index (χ0n) is 14.1. The van der Waals surface area contributed by atoms with E-state index in [0.29, 0.717) is 5.02 Å². The second-order valence-corrected chi connectivity index (χ2v) is 6.60. The molecule has 3 aromatic carbocycles. The summed E-state index contributed by atoms with van der Waals surface area (Å²) in [5.41, 5.74) is 2.64. The average Bonchev–Trinajstić information content (AvgIpc) is 3.07. The molecule has 4 heteroatoms. The van der Waals surface area contributed by atoms with E-state index < -0.39 is 6.10 Å².